The van der Waals surface area contributed by atoms with Crippen molar-refractivity contribution in [1.82, 2.24) is 4.90 Å². The van der Waals surface area contributed by atoms with Gasteiger partial charge in [0.05, 0.1) is 0 Å². The lowest BCUT2D eigenvalue weighted by atomic mass is 10.1. The Morgan fingerprint density at radius 2 is 1.56 bits per heavy atom. The maximum absolute atomic E-state index is 2.72. The summed E-state index contributed by atoms with van der Waals surface area (Å²) in [4.78, 5) is 2.72. The molecule has 88 valence electrons. The fourth-order valence-electron chi connectivity index (χ4n) is 2.94. The van der Waals surface area contributed by atoms with Crippen molar-refractivity contribution < 1.29 is 0 Å². The van der Waals surface area contributed by atoms with Crippen LogP contribution in [-0.4, -0.2) is 17.0 Å². The average molecular weight is 217 g/mol. The van der Waals surface area contributed by atoms with Crippen LogP contribution in [0.4, 0.5) is 0 Å². The molecule has 1 nitrogen and oxygen atoms in total. The first kappa shape index (κ1) is 11.7. The van der Waals surface area contributed by atoms with E-state index in [1.165, 1.54) is 31.2 Å². The maximum atomic E-state index is 2.72. The fourth-order valence-corrected chi connectivity index (χ4v) is 2.94. The topological polar surface area (TPSA) is 3.24 Å². The van der Waals surface area contributed by atoms with Gasteiger partial charge < -0.3 is 0 Å². The SMILES string of the molecule is CC[C@@H]1CC[C@H](CC)N1Cc1ccccc1. The van der Waals surface area contributed by atoms with Crippen molar-refractivity contribution >= 4 is 0 Å². The summed E-state index contributed by atoms with van der Waals surface area (Å²) in [7, 11) is 0. The van der Waals surface area contributed by atoms with Crippen LogP contribution < -0.4 is 0 Å². The molecule has 0 N–H and O–H groups in total. The number of benzene rings is 1. The Morgan fingerprint density at radius 3 is 2.06 bits per heavy atom. The summed E-state index contributed by atoms with van der Waals surface area (Å²) in [6.45, 7) is 5.78. The van der Waals surface area contributed by atoms with E-state index < -0.39 is 0 Å². The molecular formula is C15H23N. The van der Waals surface area contributed by atoms with Gasteiger partial charge in [-0.1, -0.05) is 44.2 Å². The molecule has 0 unspecified atom stereocenters. The van der Waals surface area contributed by atoms with Crippen LogP contribution in [0.15, 0.2) is 30.3 Å². The molecule has 0 radical (unpaired) electrons. The average Bonchev–Trinajstić information content (AvgIpc) is 2.72. The quantitative estimate of drug-likeness (QED) is 0.740. The standard InChI is InChI=1S/C15H23N/c1-3-14-10-11-15(4-2)16(14)12-13-8-6-5-7-9-13/h5-9,14-15H,3-4,10-12H2,1-2H3/t14-,15+. The lowest BCUT2D eigenvalue weighted by Crippen LogP contribution is -2.34. The third-order valence-corrected chi connectivity index (χ3v) is 3.92. The molecule has 0 aromatic heterocycles. The van der Waals surface area contributed by atoms with Crippen LogP contribution in [-0.2, 0) is 6.54 Å². The Kier molecular flexibility index (Phi) is 4.00. The molecule has 16 heavy (non-hydrogen) atoms. The Labute approximate surface area is 99.5 Å². The Morgan fingerprint density at radius 1 is 1.00 bits per heavy atom. The van der Waals surface area contributed by atoms with Gasteiger partial charge in [0.1, 0.15) is 0 Å². The molecule has 1 fully saturated rings. The van der Waals surface area contributed by atoms with E-state index in [9.17, 15) is 0 Å². The van der Waals surface area contributed by atoms with Crippen molar-refractivity contribution in [2.45, 2.75) is 58.2 Å². The summed E-state index contributed by atoms with van der Waals surface area (Å²) in [5.41, 5.74) is 1.46. The summed E-state index contributed by atoms with van der Waals surface area (Å²) in [5.74, 6) is 0. The zero-order valence-electron chi connectivity index (χ0n) is 10.5. The van der Waals surface area contributed by atoms with Crippen molar-refractivity contribution in [3.63, 3.8) is 0 Å². The van der Waals surface area contributed by atoms with Crippen molar-refractivity contribution in [1.29, 1.82) is 0 Å². The van der Waals surface area contributed by atoms with Gasteiger partial charge in [-0.2, -0.15) is 0 Å². The lowest BCUT2D eigenvalue weighted by Gasteiger charge is -2.29. The van der Waals surface area contributed by atoms with Crippen LogP contribution in [0.3, 0.4) is 0 Å². The van der Waals surface area contributed by atoms with Gasteiger partial charge in [-0.3, -0.25) is 4.90 Å². The molecule has 1 aromatic carbocycles. The molecule has 1 heterocycles. The zero-order chi connectivity index (χ0) is 11.4. The Hall–Kier alpha value is -0.820. The van der Waals surface area contributed by atoms with Crippen LogP contribution in [0.5, 0.6) is 0 Å². The molecule has 0 saturated carbocycles. The van der Waals surface area contributed by atoms with Crippen LogP contribution in [0.25, 0.3) is 0 Å². The second-order valence-corrected chi connectivity index (χ2v) is 4.86. The second kappa shape index (κ2) is 5.49. The lowest BCUT2D eigenvalue weighted by molar-refractivity contribution is 0.175. The highest BCUT2D eigenvalue weighted by Crippen LogP contribution is 2.29. The molecule has 0 bridgehead atoms. The normalized spacial score (nSPS) is 26.1. The molecule has 2 atom stereocenters. The molecule has 1 aliphatic rings. The van der Waals surface area contributed by atoms with Gasteiger partial charge in [-0.25, -0.2) is 0 Å². The number of rotatable bonds is 4. The van der Waals surface area contributed by atoms with E-state index in [1.807, 2.05) is 0 Å². The van der Waals surface area contributed by atoms with Gasteiger partial charge in [0, 0.05) is 18.6 Å². The molecule has 1 aromatic rings. The van der Waals surface area contributed by atoms with E-state index in [1.54, 1.807) is 0 Å². The van der Waals surface area contributed by atoms with E-state index in [0.717, 1.165) is 18.6 Å². The first-order valence-corrected chi connectivity index (χ1v) is 6.64. The Bertz CT molecular complexity index is 294. The summed E-state index contributed by atoms with van der Waals surface area (Å²) < 4.78 is 0. The number of nitrogens with zero attached hydrogens (tertiary/aromatic N) is 1. The summed E-state index contributed by atoms with van der Waals surface area (Å²) in [6, 6.07) is 12.5. The highest BCUT2D eigenvalue weighted by molar-refractivity contribution is 5.15. The van der Waals surface area contributed by atoms with Gasteiger partial charge in [0.15, 0.2) is 0 Å². The molecule has 0 amide bonds. The third-order valence-electron chi connectivity index (χ3n) is 3.92. The fraction of sp³-hybridized carbons (Fsp3) is 0.600. The third kappa shape index (κ3) is 2.46. The van der Waals surface area contributed by atoms with Crippen molar-refractivity contribution in [2.24, 2.45) is 0 Å². The van der Waals surface area contributed by atoms with Gasteiger partial charge in [-0.05, 0) is 31.2 Å². The number of hydrogen-bond acceptors (Lipinski definition) is 1. The molecule has 1 saturated heterocycles. The monoisotopic (exact) mass is 217 g/mol. The first-order valence-electron chi connectivity index (χ1n) is 6.64. The highest BCUT2D eigenvalue weighted by Gasteiger charge is 2.30. The second-order valence-electron chi connectivity index (χ2n) is 4.86. The predicted molar refractivity (Wildman–Crippen MR) is 69.4 cm³/mol. The number of hydrogen-bond donors (Lipinski definition) is 0. The van der Waals surface area contributed by atoms with Gasteiger partial charge >= 0.3 is 0 Å². The van der Waals surface area contributed by atoms with E-state index in [2.05, 4.69) is 49.1 Å². The van der Waals surface area contributed by atoms with Gasteiger partial charge in [0.2, 0.25) is 0 Å². The molecular weight excluding hydrogens is 194 g/mol. The van der Waals surface area contributed by atoms with Crippen LogP contribution in [0.1, 0.15) is 45.1 Å². The molecule has 1 aliphatic heterocycles. The molecule has 2 rings (SSSR count). The predicted octanol–water partition coefficient (Wildman–Crippen LogP) is 3.84. The number of likely N-dealkylation sites (tertiary alicyclic amines) is 1. The van der Waals surface area contributed by atoms with Gasteiger partial charge in [0.25, 0.3) is 0 Å². The van der Waals surface area contributed by atoms with Crippen LogP contribution in [0, 0.1) is 0 Å². The van der Waals surface area contributed by atoms with Crippen molar-refractivity contribution in [2.75, 3.05) is 0 Å². The summed E-state index contributed by atoms with van der Waals surface area (Å²) in [6.07, 6.45) is 5.37. The smallest absolute Gasteiger partial charge is 0.0239 e. The highest BCUT2D eigenvalue weighted by atomic mass is 15.2. The van der Waals surface area contributed by atoms with E-state index in [0.29, 0.717) is 0 Å². The van der Waals surface area contributed by atoms with E-state index >= 15 is 0 Å². The van der Waals surface area contributed by atoms with E-state index in [4.69, 9.17) is 0 Å². The Balaban J connectivity index is 2.06. The minimum Gasteiger partial charge on any atom is -0.293 e. The van der Waals surface area contributed by atoms with Gasteiger partial charge in [-0.15, -0.1) is 0 Å². The van der Waals surface area contributed by atoms with Crippen molar-refractivity contribution in [3.05, 3.63) is 35.9 Å². The molecule has 1 heteroatoms. The largest absolute Gasteiger partial charge is 0.293 e. The van der Waals surface area contributed by atoms with Crippen molar-refractivity contribution in [3.8, 4) is 0 Å². The van der Waals surface area contributed by atoms with Crippen LogP contribution >= 0.6 is 0 Å². The zero-order valence-corrected chi connectivity index (χ0v) is 10.5. The summed E-state index contributed by atoms with van der Waals surface area (Å²) in [5, 5.41) is 0. The van der Waals surface area contributed by atoms with E-state index in [-0.39, 0.29) is 0 Å². The molecule has 0 aliphatic carbocycles. The summed E-state index contributed by atoms with van der Waals surface area (Å²) >= 11 is 0. The van der Waals surface area contributed by atoms with Crippen LogP contribution in [0.2, 0.25) is 0 Å². The maximum Gasteiger partial charge on any atom is 0.0239 e. The minimum atomic E-state index is 0.810. The minimum absolute atomic E-state index is 0.810. The first-order chi connectivity index (χ1) is 7.85. The molecule has 0 spiro atoms.